The van der Waals surface area contributed by atoms with E-state index < -0.39 is 0 Å². The van der Waals surface area contributed by atoms with Crippen molar-refractivity contribution in [2.75, 3.05) is 43.6 Å². The Hall–Kier alpha value is -2.16. The monoisotopic (exact) mass is 393 g/mol. The molecule has 26 heavy (non-hydrogen) atoms. The van der Waals surface area contributed by atoms with Crippen molar-refractivity contribution in [1.29, 1.82) is 0 Å². The molecule has 0 saturated carbocycles. The van der Waals surface area contributed by atoms with Crippen LogP contribution in [0.4, 0.5) is 11.8 Å². The largest absolute Gasteiger partial charge is 0.497 e. The van der Waals surface area contributed by atoms with Crippen molar-refractivity contribution in [1.82, 2.24) is 15.3 Å². The average molecular weight is 394 g/mol. The summed E-state index contributed by atoms with van der Waals surface area (Å²) in [5.41, 5.74) is 1.08. The SMILES string of the molecule is COc1ccc(CNC(=S)Nc2nc(Cl)cc(N3CCOCC3)n2)cc1. The van der Waals surface area contributed by atoms with E-state index in [9.17, 15) is 0 Å². The van der Waals surface area contributed by atoms with Crippen LogP contribution in [0, 0.1) is 0 Å². The number of rotatable bonds is 5. The summed E-state index contributed by atoms with van der Waals surface area (Å²) < 4.78 is 10.5. The van der Waals surface area contributed by atoms with Crippen molar-refractivity contribution in [2.24, 2.45) is 0 Å². The first-order valence-electron chi connectivity index (χ1n) is 8.19. The molecular formula is C17H20ClN5O2S. The van der Waals surface area contributed by atoms with E-state index in [1.165, 1.54) is 0 Å². The second-order valence-corrected chi connectivity index (χ2v) is 6.42. The molecule has 2 N–H and O–H groups in total. The number of benzene rings is 1. The highest BCUT2D eigenvalue weighted by Crippen LogP contribution is 2.19. The Morgan fingerprint density at radius 2 is 2.00 bits per heavy atom. The van der Waals surface area contributed by atoms with E-state index in [0.29, 0.717) is 36.0 Å². The zero-order valence-corrected chi connectivity index (χ0v) is 15.9. The molecule has 1 aliphatic rings. The standard InChI is InChI=1S/C17H20ClN5O2S/c1-24-13-4-2-12(3-5-13)11-19-17(26)22-16-20-14(18)10-15(21-16)23-6-8-25-9-7-23/h2-5,10H,6-9,11H2,1H3,(H2,19,20,21,22,26). The van der Waals surface area contributed by atoms with Gasteiger partial charge in [0.25, 0.3) is 0 Å². The van der Waals surface area contributed by atoms with Crippen LogP contribution in [0.1, 0.15) is 5.56 Å². The molecule has 1 aromatic carbocycles. The number of hydrogen-bond donors (Lipinski definition) is 2. The maximum absolute atomic E-state index is 6.13. The van der Waals surface area contributed by atoms with Crippen LogP contribution in [0.2, 0.25) is 5.15 Å². The molecule has 1 aromatic heterocycles. The number of nitrogens with zero attached hydrogens (tertiary/aromatic N) is 3. The van der Waals surface area contributed by atoms with E-state index in [1.54, 1.807) is 13.2 Å². The van der Waals surface area contributed by atoms with Gasteiger partial charge in [-0.2, -0.15) is 4.98 Å². The molecule has 0 radical (unpaired) electrons. The number of halogens is 1. The van der Waals surface area contributed by atoms with Gasteiger partial charge >= 0.3 is 0 Å². The molecule has 0 bridgehead atoms. The minimum Gasteiger partial charge on any atom is -0.497 e. The molecule has 1 fully saturated rings. The molecule has 3 rings (SSSR count). The lowest BCUT2D eigenvalue weighted by Crippen LogP contribution is -2.37. The number of anilines is 2. The number of morpholine rings is 1. The summed E-state index contributed by atoms with van der Waals surface area (Å²) in [6, 6.07) is 9.50. The van der Waals surface area contributed by atoms with E-state index in [4.69, 9.17) is 33.3 Å². The van der Waals surface area contributed by atoms with E-state index in [0.717, 1.165) is 30.2 Å². The fourth-order valence-electron chi connectivity index (χ4n) is 2.49. The Kier molecular flexibility index (Phi) is 6.43. The summed E-state index contributed by atoms with van der Waals surface area (Å²) >= 11 is 11.5. The first-order valence-corrected chi connectivity index (χ1v) is 8.98. The molecule has 9 heteroatoms. The van der Waals surface area contributed by atoms with Crippen molar-refractivity contribution in [3.63, 3.8) is 0 Å². The van der Waals surface area contributed by atoms with Crippen LogP contribution >= 0.6 is 23.8 Å². The highest BCUT2D eigenvalue weighted by atomic mass is 35.5. The Morgan fingerprint density at radius 1 is 1.27 bits per heavy atom. The van der Waals surface area contributed by atoms with Crippen LogP contribution in [-0.4, -0.2) is 48.5 Å². The van der Waals surface area contributed by atoms with Crippen molar-refractivity contribution in [3.8, 4) is 5.75 Å². The van der Waals surface area contributed by atoms with Crippen molar-refractivity contribution in [3.05, 3.63) is 41.0 Å². The summed E-state index contributed by atoms with van der Waals surface area (Å²) in [5.74, 6) is 1.94. The lowest BCUT2D eigenvalue weighted by atomic mass is 10.2. The van der Waals surface area contributed by atoms with Crippen LogP contribution < -0.4 is 20.3 Å². The molecule has 7 nitrogen and oxygen atoms in total. The smallest absolute Gasteiger partial charge is 0.232 e. The molecule has 0 atom stereocenters. The van der Waals surface area contributed by atoms with Crippen molar-refractivity contribution < 1.29 is 9.47 Å². The van der Waals surface area contributed by atoms with Crippen LogP contribution in [0.25, 0.3) is 0 Å². The van der Waals surface area contributed by atoms with Gasteiger partial charge < -0.3 is 25.0 Å². The number of nitrogens with one attached hydrogen (secondary N) is 2. The number of aromatic nitrogens is 2. The molecule has 1 aliphatic heterocycles. The lowest BCUT2D eigenvalue weighted by molar-refractivity contribution is 0.122. The molecular weight excluding hydrogens is 374 g/mol. The average Bonchev–Trinajstić information content (AvgIpc) is 2.67. The van der Waals surface area contributed by atoms with Gasteiger partial charge in [0.05, 0.1) is 20.3 Å². The van der Waals surface area contributed by atoms with Gasteiger partial charge in [0.2, 0.25) is 5.95 Å². The fraction of sp³-hybridized carbons (Fsp3) is 0.353. The molecule has 2 heterocycles. The van der Waals surface area contributed by atoms with Gasteiger partial charge in [-0.15, -0.1) is 0 Å². The topological polar surface area (TPSA) is 71.5 Å². The van der Waals surface area contributed by atoms with E-state index in [2.05, 4.69) is 25.5 Å². The molecule has 2 aromatic rings. The Balaban J connectivity index is 1.58. The molecule has 0 unspecified atom stereocenters. The van der Waals surface area contributed by atoms with Gasteiger partial charge in [-0.3, -0.25) is 0 Å². The summed E-state index contributed by atoms with van der Waals surface area (Å²) in [4.78, 5) is 10.8. The molecule has 0 amide bonds. The first kappa shape index (κ1) is 18.6. The van der Waals surface area contributed by atoms with Crippen molar-refractivity contribution >= 4 is 40.7 Å². The second kappa shape index (κ2) is 8.98. The van der Waals surface area contributed by atoms with E-state index in [-0.39, 0.29) is 0 Å². The minimum atomic E-state index is 0.363. The van der Waals surface area contributed by atoms with E-state index in [1.807, 2.05) is 24.3 Å². The fourth-order valence-corrected chi connectivity index (χ4v) is 2.83. The predicted octanol–water partition coefficient (Wildman–Crippen LogP) is 2.46. The Labute approximate surface area is 162 Å². The molecule has 138 valence electrons. The highest BCUT2D eigenvalue weighted by molar-refractivity contribution is 7.80. The maximum Gasteiger partial charge on any atom is 0.232 e. The van der Waals surface area contributed by atoms with Crippen LogP contribution in [0.3, 0.4) is 0 Å². The van der Waals surface area contributed by atoms with Gasteiger partial charge in [-0.1, -0.05) is 23.7 Å². The van der Waals surface area contributed by atoms with Crippen LogP contribution in [0.15, 0.2) is 30.3 Å². The molecule has 0 spiro atoms. The van der Waals surface area contributed by atoms with Crippen LogP contribution in [-0.2, 0) is 11.3 Å². The third kappa shape index (κ3) is 5.17. The van der Waals surface area contributed by atoms with Crippen LogP contribution in [0.5, 0.6) is 5.75 Å². The van der Waals surface area contributed by atoms with Gasteiger partial charge in [-0.05, 0) is 29.9 Å². The zero-order valence-electron chi connectivity index (χ0n) is 14.4. The summed E-state index contributed by atoms with van der Waals surface area (Å²) in [6.07, 6.45) is 0. The molecule has 0 aliphatic carbocycles. The number of methoxy groups -OCH3 is 1. The van der Waals surface area contributed by atoms with E-state index >= 15 is 0 Å². The third-order valence-electron chi connectivity index (χ3n) is 3.85. The van der Waals surface area contributed by atoms with Gasteiger partial charge in [0, 0.05) is 25.7 Å². The quantitative estimate of drug-likeness (QED) is 0.593. The predicted molar refractivity (Wildman–Crippen MR) is 106 cm³/mol. The van der Waals surface area contributed by atoms with Gasteiger partial charge in [-0.25, -0.2) is 4.98 Å². The third-order valence-corrected chi connectivity index (χ3v) is 4.29. The Morgan fingerprint density at radius 3 is 2.69 bits per heavy atom. The first-order chi connectivity index (χ1) is 12.6. The van der Waals surface area contributed by atoms with Gasteiger partial charge in [0.1, 0.15) is 16.7 Å². The van der Waals surface area contributed by atoms with Gasteiger partial charge in [0.15, 0.2) is 5.11 Å². The summed E-state index contributed by atoms with van der Waals surface area (Å²) in [7, 11) is 1.64. The lowest BCUT2D eigenvalue weighted by Gasteiger charge is -2.28. The highest BCUT2D eigenvalue weighted by Gasteiger charge is 2.15. The number of hydrogen-bond acceptors (Lipinski definition) is 6. The second-order valence-electron chi connectivity index (χ2n) is 5.63. The maximum atomic E-state index is 6.13. The Bertz CT molecular complexity index is 753. The zero-order chi connectivity index (χ0) is 18.4. The molecule has 1 saturated heterocycles. The normalized spacial score (nSPS) is 14.0. The summed E-state index contributed by atoms with van der Waals surface area (Å²) in [5, 5.41) is 6.90. The number of ether oxygens (including phenoxy) is 2. The summed E-state index contributed by atoms with van der Waals surface area (Å²) in [6.45, 7) is 3.46. The minimum absolute atomic E-state index is 0.363. The van der Waals surface area contributed by atoms with Crippen molar-refractivity contribution in [2.45, 2.75) is 6.54 Å². The number of thiocarbonyl (C=S) groups is 1.